The average Bonchev–Trinajstić information content (AvgIpc) is 3.54. The van der Waals surface area contributed by atoms with Crippen molar-refractivity contribution < 1.29 is 14.3 Å². The topological polar surface area (TPSA) is 107 Å². The number of nitrogens with zero attached hydrogens (tertiary/aromatic N) is 5. The Morgan fingerprint density at radius 3 is 2.81 bits per heavy atom. The predicted octanol–water partition coefficient (Wildman–Crippen LogP) is 2.79. The lowest BCUT2D eigenvalue weighted by Gasteiger charge is -2.14. The van der Waals surface area contributed by atoms with Gasteiger partial charge in [0.15, 0.2) is 5.82 Å². The molecule has 0 aliphatic carbocycles. The van der Waals surface area contributed by atoms with Crippen LogP contribution in [0.2, 0.25) is 0 Å². The average molecular weight is 434 g/mol. The van der Waals surface area contributed by atoms with E-state index in [0.717, 1.165) is 0 Å². The van der Waals surface area contributed by atoms with Crippen molar-refractivity contribution in [2.24, 2.45) is 0 Å². The largest absolute Gasteiger partial charge is 0.391 e. The highest BCUT2D eigenvalue weighted by Crippen LogP contribution is 2.31. The normalized spacial score (nSPS) is 16.8. The second-order valence-electron chi connectivity index (χ2n) is 7.31. The molecule has 32 heavy (non-hydrogen) atoms. The van der Waals surface area contributed by atoms with Crippen molar-refractivity contribution in [2.45, 2.75) is 32.9 Å². The molecule has 1 atom stereocenters. The number of nitriles is 1. The first-order valence-corrected chi connectivity index (χ1v) is 10.6. The third kappa shape index (κ3) is 3.69. The number of anilines is 1. The number of aliphatic hydroxyl groups is 1. The molecule has 164 valence electrons. The number of carbonyl (C=O) groups excluding carboxylic acids is 1. The van der Waals surface area contributed by atoms with Crippen LogP contribution in [-0.2, 0) is 6.54 Å². The van der Waals surface area contributed by atoms with Crippen molar-refractivity contribution in [2.75, 3.05) is 18.0 Å². The van der Waals surface area contributed by atoms with Crippen LogP contribution in [-0.4, -0.2) is 45.0 Å². The lowest BCUT2D eigenvalue weighted by Crippen LogP contribution is -2.21. The van der Waals surface area contributed by atoms with Gasteiger partial charge in [0.1, 0.15) is 5.82 Å². The fourth-order valence-electron chi connectivity index (χ4n) is 3.96. The van der Waals surface area contributed by atoms with E-state index in [4.69, 9.17) is 0 Å². The summed E-state index contributed by atoms with van der Waals surface area (Å²) in [6.45, 7) is 5.41. The molecule has 2 aliphatic rings. The van der Waals surface area contributed by atoms with Crippen LogP contribution in [0.5, 0.6) is 0 Å². The highest BCUT2D eigenvalue weighted by Gasteiger charge is 2.29. The Balaban J connectivity index is 0.00000119. The fourth-order valence-corrected chi connectivity index (χ4v) is 3.96. The molecule has 0 saturated carbocycles. The first kappa shape index (κ1) is 21.5. The summed E-state index contributed by atoms with van der Waals surface area (Å²) < 4.78 is 16.2. The van der Waals surface area contributed by atoms with Gasteiger partial charge in [0.05, 0.1) is 52.5 Å². The van der Waals surface area contributed by atoms with Crippen molar-refractivity contribution in [1.29, 1.82) is 5.26 Å². The molecule has 3 aromatic rings. The third-order valence-electron chi connectivity index (χ3n) is 5.42. The summed E-state index contributed by atoms with van der Waals surface area (Å²) in [5.74, 6) is -0.153. The van der Waals surface area contributed by atoms with Gasteiger partial charge in [-0.2, -0.15) is 10.4 Å². The van der Waals surface area contributed by atoms with E-state index in [-0.39, 0.29) is 35.4 Å². The SMILES string of the molecule is CC.N#Cc1cccc(F)c1-c1cc(-n2ccc(N3CCC(O)C3)n2)c2c(n1)CNC2=O. The Morgan fingerprint density at radius 1 is 1.28 bits per heavy atom. The van der Waals surface area contributed by atoms with Gasteiger partial charge in [-0.05, 0) is 24.6 Å². The second kappa shape index (κ2) is 8.77. The molecule has 1 aromatic carbocycles. The molecule has 0 radical (unpaired) electrons. The van der Waals surface area contributed by atoms with Crippen molar-refractivity contribution in [1.82, 2.24) is 20.1 Å². The summed E-state index contributed by atoms with van der Waals surface area (Å²) in [7, 11) is 0. The standard InChI is InChI=1S/C21H17FN6O2.C2H6/c22-14-3-1-2-12(9-23)19(14)15-8-17(20-16(25-15)10-24-21(20)30)28-7-5-18(26-28)27-6-4-13(29)11-27;1-2/h1-3,5,7-8,13,29H,4,6,10-11H2,(H,24,30);1-2H3. The molecule has 5 rings (SSSR count). The summed E-state index contributed by atoms with van der Waals surface area (Å²) in [6.07, 6.45) is 2.01. The Morgan fingerprint density at radius 2 is 2.09 bits per heavy atom. The number of hydrogen-bond donors (Lipinski definition) is 2. The molecular formula is C23H23FN6O2. The van der Waals surface area contributed by atoms with Gasteiger partial charge in [-0.1, -0.05) is 19.9 Å². The van der Waals surface area contributed by atoms with Crippen LogP contribution < -0.4 is 10.2 Å². The Bertz CT molecular complexity index is 1220. The van der Waals surface area contributed by atoms with Gasteiger partial charge >= 0.3 is 0 Å². The molecule has 2 aliphatic heterocycles. The number of halogens is 1. The van der Waals surface area contributed by atoms with E-state index in [1.807, 2.05) is 24.8 Å². The number of carbonyl (C=O) groups is 1. The van der Waals surface area contributed by atoms with Crippen LogP contribution in [0.1, 0.15) is 41.9 Å². The molecular weight excluding hydrogens is 411 g/mol. The van der Waals surface area contributed by atoms with Crippen LogP contribution in [0.3, 0.4) is 0 Å². The van der Waals surface area contributed by atoms with E-state index in [0.29, 0.717) is 42.3 Å². The highest BCUT2D eigenvalue weighted by molar-refractivity contribution is 6.01. The van der Waals surface area contributed by atoms with Gasteiger partial charge in [0.2, 0.25) is 0 Å². The van der Waals surface area contributed by atoms with Crippen LogP contribution in [0.15, 0.2) is 36.5 Å². The van der Waals surface area contributed by atoms with Gasteiger partial charge in [-0.15, -0.1) is 0 Å². The van der Waals surface area contributed by atoms with Gasteiger partial charge in [-0.25, -0.2) is 14.1 Å². The van der Waals surface area contributed by atoms with Gasteiger partial charge in [-0.3, -0.25) is 4.79 Å². The third-order valence-corrected chi connectivity index (χ3v) is 5.42. The molecule has 0 bridgehead atoms. The maximum Gasteiger partial charge on any atom is 0.255 e. The van der Waals surface area contributed by atoms with Crippen molar-refractivity contribution in [3.8, 4) is 23.0 Å². The molecule has 2 aromatic heterocycles. The monoisotopic (exact) mass is 434 g/mol. The molecule has 1 amide bonds. The van der Waals surface area contributed by atoms with Crippen molar-refractivity contribution in [3.05, 3.63) is 59.2 Å². The van der Waals surface area contributed by atoms with Crippen LogP contribution in [0.4, 0.5) is 10.2 Å². The predicted molar refractivity (Wildman–Crippen MR) is 117 cm³/mol. The number of aliphatic hydroxyl groups excluding tert-OH is 1. The summed E-state index contributed by atoms with van der Waals surface area (Å²) in [5.41, 5.74) is 1.85. The van der Waals surface area contributed by atoms with Crippen LogP contribution in [0, 0.1) is 17.1 Å². The van der Waals surface area contributed by atoms with Gasteiger partial charge in [0, 0.05) is 25.4 Å². The molecule has 9 heteroatoms. The van der Waals surface area contributed by atoms with E-state index >= 15 is 0 Å². The highest BCUT2D eigenvalue weighted by atomic mass is 19.1. The van der Waals surface area contributed by atoms with E-state index in [9.17, 15) is 19.6 Å². The molecule has 2 N–H and O–H groups in total. The number of pyridine rings is 1. The summed E-state index contributed by atoms with van der Waals surface area (Å²) >= 11 is 0. The summed E-state index contributed by atoms with van der Waals surface area (Å²) in [6, 6.07) is 9.67. The van der Waals surface area contributed by atoms with E-state index in [1.54, 1.807) is 23.0 Å². The molecule has 1 saturated heterocycles. The number of β-amino-alcohol motifs (C(OH)–C–C–N with tert-alkyl or cyclic N) is 1. The summed E-state index contributed by atoms with van der Waals surface area (Å²) in [5, 5.41) is 26.5. The minimum absolute atomic E-state index is 0.0958. The molecule has 1 unspecified atom stereocenters. The second-order valence-corrected chi connectivity index (χ2v) is 7.31. The lowest BCUT2D eigenvalue weighted by atomic mass is 10.0. The maximum absolute atomic E-state index is 14.6. The minimum Gasteiger partial charge on any atom is -0.391 e. The van der Waals surface area contributed by atoms with E-state index < -0.39 is 5.82 Å². The zero-order valence-corrected chi connectivity index (χ0v) is 17.8. The van der Waals surface area contributed by atoms with Gasteiger partial charge in [0.25, 0.3) is 5.91 Å². The number of amides is 1. The quantitative estimate of drug-likeness (QED) is 0.657. The molecule has 8 nitrogen and oxygen atoms in total. The van der Waals surface area contributed by atoms with Crippen molar-refractivity contribution in [3.63, 3.8) is 0 Å². The lowest BCUT2D eigenvalue weighted by molar-refractivity contribution is 0.0965. The van der Waals surface area contributed by atoms with Crippen molar-refractivity contribution >= 4 is 11.7 Å². The number of aromatic nitrogens is 3. The molecule has 1 fully saturated rings. The number of rotatable bonds is 3. The Hall–Kier alpha value is -3.77. The van der Waals surface area contributed by atoms with Crippen LogP contribution in [0.25, 0.3) is 16.9 Å². The smallest absolute Gasteiger partial charge is 0.255 e. The number of nitrogens with one attached hydrogen (secondary N) is 1. The number of benzene rings is 1. The zero-order valence-electron chi connectivity index (χ0n) is 17.8. The fraction of sp³-hybridized carbons (Fsp3) is 0.304. The molecule has 4 heterocycles. The van der Waals surface area contributed by atoms with Crippen LogP contribution >= 0.6 is 0 Å². The first-order valence-electron chi connectivity index (χ1n) is 10.6. The number of fused-ring (bicyclic) bond motifs is 1. The maximum atomic E-state index is 14.6. The first-order chi connectivity index (χ1) is 15.5. The van der Waals surface area contributed by atoms with E-state index in [1.165, 1.54) is 18.2 Å². The number of hydrogen-bond acceptors (Lipinski definition) is 6. The summed E-state index contributed by atoms with van der Waals surface area (Å²) in [4.78, 5) is 18.9. The van der Waals surface area contributed by atoms with E-state index in [2.05, 4.69) is 15.4 Å². The molecule has 0 spiro atoms. The van der Waals surface area contributed by atoms with Gasteiger partial charge < -0.3 is 15.3 Å². The Kier molecular flexibility index (Phi) is 5.88. The minimum atomic E-state index is -0.558. The Labute approximate surface area is 184 Å². The zero-order chi connectivity index (χ0) is 22.8.